The molecule has 0 heterocycles. The maximum atomic E-state index is 11.7. The molecule has 0 atom stereocenters. The number of carbonyl (C=O) groups is 2. The van der Waals surface area contributed by atoms with E-state index < -0.39 is 0 Å². The molecule has 1 aromatic rings. The van der Waals surface area contributed by atoms with Crippen LogP contribution in [-0.4, -0.2) is 50.9 Å². The van der Waals surface area contributed by atoms with Crippen molar-refractivity contribution in [2.75, 3.05) is 44.9 Å². The second kappa shape index (κ2) is 13.1. The number of hydrogen-bond donors (Lipinski definition) is 3. The fourth-order valence-electron chi connectivity index (χ4n) is 1.77. The first-order valence-electron chi connectivity index (χ1n) is 7.00. The van der Waals surface area contributed by atoms with Gasteiger partial charge in [0.05, 0.1) is 6.54 Å². The van der Waals surface area contributed by atoms with E-state index in [0.29, 0.717) is 13.0 Å². The molecule has 0 saturated heterocycles. The van der Waals surface area contributed by atoms with Gasteiger partial charge in [0.25, 0.3) is 0 Å². The van der Waals surface area contributed by atoms with Gasteiger partial charge in [-0.3, -0.25) is 9.59 Å². The Hall–Kier alpha value is -1.34. The molecule has 8 heteroatoms. The van der Waals surface area contributed by atoms with Crippen molar-refractivity contribution in [3.8, 4) is 0 Å². The first kappa shape index (κ1) is 23.9. The highest BCUT2D eigenvalue weighted by molar-refractivity contribution is 5.93. The Morgan fingerprint density at radius 2 is 1.43 bits per heavy atom. The van der Waals surface area contributed by atoms with Crippen LogP contribution in [0.3, 0.4) is 0 Å². The Labute approximate surface area is 150 Å². The van der Waals surface area contributed by atoms with E-state index in [4.69, 9.17) is 0 Å². The maximum absolute atomic E-state index is 11.7. The molecule has 0 aliphatic carbocycles. The van der Waals surface area contributed by atoms with Gasteiger partial charge < -0.3 is 20.9 Å². The molecule has 0 bridgehead atoms. The molecule has 0 aliphatic heterocycles. The number of amides is 2. The van der Waals surface area contributed by atoms with Gasteiger partial charge in [0, 0.05) is 17.8 Å². The van der Waals surface area contributed by atoms with Crippen molar-refractivity contribution >= 4 is 48.0 Å². The lowest BCUT2D eigenvalue weighted by Gasteiger charge is -2.11. The molecule has 6 nitrogen and oxygen atoms in total. The molecular weight excluding hydrogens is 339 g/mol. The minimum atomic E-state index is -0.0659. The summed E-state index contributed by atoms with van der Waals surface area (Å²) in [4.78, 5) is 25.1. The summed E-state index contributed by atoms with van der Waals surface area (Å²) < 4.78 is 0. The third kappa shape index (κ3) is 10.9. The van der Waals surface area contributed by atoms with E-state index in [2.05, 4.69) is 16.0 Å². The zero-order valence-electron chi connectivity index (χ0n) is 13.7. The van der Waals surface area contributed by atoms with Crippen molar-refractivity contribution in [2.45, 2.75) is 12.8 Å². The molecule has 0 spiro atoms. The molecule has 0 unspecified atom stereocenters. The van der Waals surface area contributed by atoms with Crippen molar-refractivity contribution in [3.05, 3.63) is 24.3 Å². The number of hydrogen-bond acceptors (Lipinski definition) is 4. The summed E-state index contributed by atoms with van der Waals surface area (Å²) in [6.45, 7) is 1.16. The Morgan fingerprint density at radius 3 is 1.87 bits per heavy atom. The second-order valence-corrected chi connectivity index (χ2v) is 5.12. The van der Waals surface area contributed by atoms with Gasteiger partial charge in [-0.05, 0) is 58.4 Å². The zero-order valence-corrected chi connectivity index (χ0v) is 15.4. The van der Waals surface area contributed by atoms with Crippen LogP contribution in [0.25, 0.3) is 0 Å². The van der Waals surface area contributed by atoms with Crippen molar-refractivity contribution in [2.24, 2.45) is 0 Å². The molecule has 2 amide bonds. The van der Waals surface area contributed by atoms with Crippen LogP contribution in [0.4, 0.5) is 11.4 Å². The first-order chi connectivity index (χ1) is 10.0. The number of nitrogens with one attached hydrogen (secondary N) is 3. The normalized spacial score (nSPS) is 9.57. The summed E-state index contributed by atoms with van der Waals surface area (Å²) in [5, 5.41) is 8.62. The first-order valence-corrected chi connectivity index (χ1v) is 7.00. The van der Waals surface area contributed by atoms with Crippen LogP contribution in [0.2, 0.25) is 0 Å². The highest BCUT2D eigenvalue weighted by atomic mass is 35.5. The smallest absolute Gasteiger partial charge is 0.238 e. The highest BCUT2D eigenvalue weighted by Crippen LogP contribution is 2.14. The summed E-state index contributed by atoms with van der Waals surface area (Å²) in [5.41, 5.74) is 1.45. The van der Waals surface area contributed by atoms with Gasteiger partial charge >= 0.3 is 0 Å². The summed E-state index contributed by atoms with van der Waals surface area (Å²) in [5.74, 6) is -0.0708. The van der Waals surface area contributed by atoms with Crippen LogP contribution in [0, 0.1) is 0 Å². The lowest BCUT2D eigenvalue weighted by Crippen LogP contribution is -2.27. The summed E-state index contributed by atoms with van der Waals surface area (Å²) >= 11 is 0. The Morgan fingerprint density at radius 1 is 0.957 bits per heavy atom. The summed E-state index contributed by atoms with van der Waals surface area (Å²) in [6.07, 6.45) is 1.29. The average Bonchev–Trinajstić information content (AvgIpc) is 2.40. The zero-order chi connectivity index (χ0) is 15.7. The van der Waals surface area contributed by atoms with Crippen LogP contribution in [-0.2, 0) is 9.59 Å². The second-order valence-electron chi connectivity index (χ2n) is 5.12. The van der Waals surface area contributed by atoms with Gasteiger partial charge in [0.15, 0.2) is 0 Å². The van der Waals surface area contributed by atoms with Gasteiger partial charge in [0.2, 0.25) is 11.8 Å². The van der Waals surface area contributed by atoms with Crippen molar-refractivity contribution in [3.63, 3.8) is 0 Å². The summed E-state index contributed by atoms with van der Waals surface area (Å²) in [7, 11) is 5.54. The monoisotopic (exact) mass is 364 g/mol. The summed E-state index contributed by atoms with van der Waals surface area (Å²) in [6, 6.07) is 7.11. The number of benzene rings is 1. The molecule has 0 saturated carbocycles. The van der Waals surface area contributed by atoms with E-state index in [1.165, 1.54) is 0 Å². The molecule has 132 valence electrons. The average molecular weight is 365 g/mol. The Kier molecular flexibility index (Phi) is 13.7. The standard InChI is InChI=1S/C15H24N4O2.2ClH/c1-16-10-4-5-14(20)17-12-6-8-13(9-7-12)18-15(21)11-19(2)3;;/h6-9,16H,4-5,10-11H2,1-3H3,(H,17,20)(H,18,21);2*1H. The van der Waals surface area contributed by atoms with Gasteiger partial charge in [0.1, 0.15) is 0 Å². The third-order valence-electron chi connectivity index (χ3n) is 2.74. The van der Waals surface area contributed by atoms with Crippen LogP contribution in [0.5, 0.6) is 0 Å². The maximum Gasteiger partial charge on any atom is 0.238 e. The number of carbonyl (C=O) groups excluding carboxylic acids is 2. The SMILES string of the molecule is CNCCCC(=O)Nc1ccc(NC(=O)CN(C)C)cc1.Cl.Cl. The van der Waals surface area contributed by atoms with Gasteiger partial charge in [-0.2, -0.15) is 0 Å². The van der Waals surface area contributed by atoms with E-state index in [9.17, 15) is 9.59 Å². The Balaban J connectivity index is 0. The molecule has 0 fully saturated rings. The fourth-order valence-corrected chi connectivity index (χ4v) is 1.77. The molecule has 0 aromatic heterocycles. The lowest BCUT2D eigenvalue weighted by atomic mass is 10.2. The fraction of sp³-hybridized carbons (Fsp3) is 0.467. The predicted molar refractivity (Wildman–Crippen MR) is 99.9 cm³/mol. The quantitative estimate of drug-likeness (QED) is 0.616. The van der Waals surface area contributed by atoms with Crippen LogP contribution < -0.4 is 16.0 Å². The van der Waals surface area contributed by atoms with Gasteiger partial charge in [-0.15, -0.1) is 24.8 Å². The van der Waals surface area contributed by atoms with E-state index >= 15 is 0 Å². The molecule has 0 radical (unpaired) electrons. The molecule has 1 aromatic carbocycles. The topological polar surface area (TPSA) is 73.5 Å². The highest BCUT2D eigenvalue weighted by Gasteiger charge is 2.05. The molecular formula is C15H26Cl2N4O2. The largest absolute Gasteiger partial charge is 0.326 e. The minimum absolute atomic E-state index is 0. The minimum Gasteiger partial charge on any atom is -0.326 e. The number of halogens is 2. The molecule has 23 heavy (non-hydrogen) atoms. The van der Waals surface area contributed by atoms with E-state index in [0.717, 1.165) is 24.3 Å². The number of nitrogens with zero attached hydrogens (tertiary/aromatic N) is 1. The lowest BCUT2D eigenvalue weighted by molar-refractivity contribution is -0.117. The number of rotatable bonds is 8. The molecule has 3 N–H and O–H groups in total. The number of likely N-dealkylation sites (N-methyl/N-ethyl adjacent to an activating group) is 1. The van der Waals surface area contributed by atoms with E-state index in [1.807, 2.05) is 21.1 Å². The van der Waals surface area contributed by atoms with Crippen molar-refractivity contribution < 1.29 is 9.59 Å². The predicted octanol–water partition coefficient (Wildman–Crippen LogP) is 1.97. The van der Waals surface area contributed by atoms with Gasteiger partial charge in [-0.1, -0.05) is 0 Å². The van der Waals surface area contributed by atoms with E-state index in [1.54, 1.807) is 29.2 Å². The van der Waals surface area contributed by atoms with Crippen LogP contribution >= 0.6 is 24.8 Å². The van der Waals surface area contributed by atoms with Crippen LogP contribution in [0.1, 0.15) is 12.8 Å². The third-order valence-corrected chi connectivity index (χ3v) is 2.74. The molecule has 1 rings (SSSR count). The van der Waals surface area contributed by atoms with Gasteiger partial charge in [-0.25, -0.2) is 0 Å². The van der Waals surface area contributed by atoms with Crippen molar-refractivity contribution in [1.29, 1.82) is 0 Å². The van der Waals surface area contributed by atoms with Crippen LogP contribution in [0.15, 0.2) is 24.3 Å². The Bertz CT molecular complexity index is 467. The molecule has 0 aliphatic rings. The number of anilines is 2. The van der Waals surface area contributed by atoms with Crippen molar-refractivity contribution in [1.82, 2.24) is 10.2 Å². The van der Waals surface area contributed by atoms with E-state index in [-0.39, 0.29) is 36.6 Å².